The monoisotopic (exact) mass is 134 g/mol. The zero-order valence-corrected chi connectivity index (χ0v) is 5.81. The zero-order chi connectivity index (χ0) is 7.28. The first-order valence-corrected chi connectivity index (χ1v) is 3.26. The van der Waals surface area contributed by atoms with E-state index in [1.165, 1.54) is 0 Å². The maximum Gasteiger partial charge on any atom is 0.115 e. The van der Waals surface area contributed by atoms with Crippen molar-refractivity contribution in [2.45, 2.75) is 19.5 Å². The fourth-order valence-electron chi connectivity index (χ4n) is 0.676. The molecule has 0 saturated heterocycles. The highest BCUT2D eigenvalue weighted by Crippen LogP contribution is 2.08. The maximum absolute atomic E-state index is 12.5. The van der Waals surface area contributed by atoms with Crippen molar-refractivity contribution in [3.8, 4) is 0 Å². The number of hydrogen-bond acceptors (Lipinski definition) is 2. The van der Waals surface area contributed by atoms with Crippen LogP contribution in [-0.2, 0) is 0 Å². The average molecular weight is 134 g/mol. The van der Waals surface area contributed by atoms with Gasteiger partial charge in [-0.15, -0.1) is 0 Å². The van der Waals surface area contributed by atoms with Crippen LogP contribution in [0.3, 0.4) is 0 Å². The molecule has 0 heterocycles. The molecule has 9 heavy (non-hydrogen) atoms. The molecule has 56 valence electrons. The normalized spacial score (nSPS) is 17.3. The van der Waals surface area contributed by atoms with E-state index in [1.54, 1.807) is 0 Å². The lowest BCUT2D eigenvalue weighted by Crippen LogP contribution is -2.24. The van der Waals surface area contributed by atoms with E-state index in [0.717, 1.165) is 6.42 Å². The second-order valence-corrected chi connectivity index (χ2v) is 2.31. The van der Waals surface area contributed by atoms with Gasteiger partial charge < -0.3 is 11.5 Å². The first-order chi connectivity index (χ1) is 4.22. The summed E-state index contributed by atoms with van der Waals surface area (Å²) >= 11 is 0. The molecular formula is C6H15FN2. The van der Waals surface area contributed by atoms with Gasteiger partial charge in [0.15, 0.2) is 0 Å². The Bertz CT molecular complexity index is 68.1. The molecule has 0 amide bonds. The highest BCUT2D eigenvalue weighted by atomic mass is 19.1. The minimum atomic E-state index is -0.881. The van der Waals surface area contributed by atoms with Crippen LogP contribution in [0.25, 0.3) is 0 Å². The summed E-state index contributed by atoms with van der Waals surface area (Å²) in [6.45, 7) is 2.48. The van der Waals surface area contributed by atoms with E-state index in [4.69, 9.17) is 11.5 Å². The summed E-state index contributed by atoms with van der Waals surface area (Å²) in [5.74, 6) is 0.0139. The zero-order valence-electron chi connectivity index (χ0n) is 5.81. The van der Waals surface area contributed by atoms with Gasteiger partial charge in [-0.3, -0.25) is 0 Å². The molecule has 0 spiro atoms. The Morgan fingerprint density at radius 2 is 2.00 bits per heavy atom. The van der Waals surface area contributed by atoms with Gasteiger partial charge in [-0.25, -0.2) is 4.39 Å². The van der Waals surface area contributed by atoms with E-state index in [2.05, 4.69) is 0 Å². The predicted octanol–water partition coefficient (Wildman–Crippen LogP) is 0.268. The van der Waals surface area contributed by atoms with Crippen molar-refractivity contribution in [1.29, 1.82) is 0 Å². The van der Waals surface area contributed by atoms with Gasteiger partial charge in [0.2, 0.25) is 0 Å². The molecule has 0 rings (SSSR count). The van der Waals surface area contributed by atoms with Crippen LogP contribution >= 0.6 is 0 Å². The molecule has 2 nitrogen and oxygen atoms in total. The summed E-state index contributed by atoms with van der Waals surface area (Å²) in [6, 6.07) is 0. The van der Waals surface area contributed by atoms with Crippen molar-refractivity contribution < 1.29 is 4.39 Å². The molecule has 0 aliphatic heterocycles. The summed E-state index contributed by atoms with van der Waals surface area (Å²) in [5, 5.41) is 0. The predicted molar refractivity (Wildman–Crippen MR) is 36.8 cm³/mol. The van der Waals surface area contributed by atoms with Gasteiger partial charge in [-0.2, -0.15) is 0 Å². The number of rotatable bonds is 4. The lowest BCUT2D eigenvalue weighted by molar-refractivity contribution is 0.241. The topological polar surface area (TPSA) is 52.0 Å². The summed E-state index contributed by atoms with van der Waals surface area (Å²) in [5.41, 5.74) is 10.3. The van der Waals surface area contributed by atoms with Crippen LogP contribution in [0, 0.1) is 5.92 Å². The third-order valence-corrected chi connectivity index (χ3v) is 1.46. The Morgan fingerprint density at radius 3 is 2.33 bits per heavy atom. The highest BCUT2D eigenvalue weighted by Gasteiger charge is 2.12. The Hall–Kier alpha value is -0.150. The largest absolute Gasteiger partial charge is 0.330 e. The van der Waals surface area contributed by atoms with Crippen molar-refractivity contribution >= 4 is 0 Å². The average Bonchev–Trinajstić information content (AvgIpc) is 1.87. The van der Waals surface area contributed by atoms with E-state index in [9.17, 15) is 4.39 Å². The minimum Gasteiger partial charge on any atom is -0.330 e. The van der Waals surface area contributed by atoms with Crippen molar-refractivity contribution in [3.05, 3.63) is 0 Å². The van der Waals surface area contributed by atoms with Crippen LogP contribution in [-0.4, -0.2) is 19.3 Å². The molecule has 0 bridgehead atoms. The molecule has 0 aromatic heterocycles. The molecule has 4 N–H and O–H groups in total. The maximum atomic E-state index is 12.5. The van der Waals surface area contributed by atoms with Gasteiger partial charge in [0.05, 0.1) is 0 Å². The van der Waals surface area contributed by atoms with Crippen LogP contribution in [0.4, 0.5) is 4.39 Å². The smallest absolute Gasteiger partial charge is 0.115 e. The third kappa shape index (κ3) is 3.43. The van der Waals surface area contributed by atoms with Gasteiger partial charge in [0, 0.05) is 6.54 Å². The fourth-order valence-corrected chi connectivity index (χ4v) is 0.676. The lowest BCUT2D eigenvalue weighted by Gasteiger charge is -2.12. The highest BCUT2D eigenvalue weighted by molar-refractivity contribution is 4.65. The van der Waals surface area contributed by atoms with E-state index in [1.807, 2.05) is 6.92 Å². The molecule has 2 unspecified atom stereocenters. The van der Waals surface area contributed by atoms with Crippen LogP contribution in [0.5, 0.6) is 0 Å². The van der Waals surface area contributed by atoms with Crippen molar-refractivity contribution in [2.75, 3.05) is 13.1 Å². The molecule has 0 aliphatic rings. The van der Waals surface area contributed by atoms with Crippen molar-refractivity contribution in [1.82, 2.24) is 0 Å². The van der Waals surface area contributed by atoms with Gasteiger partial charge >= 0.3 is 0 Å². The Labute approximate surface area is 55.4 Å². The molecule has 2 atom stereocenters. The minimum absolute atomic E-state index is 0.0139. The Morgan fingerprint density at radius 1 is 1.44 bits per heavy atom. The van der Waals surface area contributed by atoms with Gasteiger partial charge in [-0.05, 0) is 18.9 Å². The summed E-state index contributed by atoms with van der Waals surface area (Å²) in [4.78, 5) is 0. The standard InChI is InChI=1S/C6H15FN2/c1-5(2-3-8)6(7)4-9/h5-6H,2-4,8-9H2,1H3. The van der Waals surface area contributed by atoms with E-state index in [-0.39, 0.29) is 12.5 Å². The number of hydrogen-bond donors (Lipinski definition) is 2. The molecule has 0 aliphatic carbocycles. The molecule has 0 radical (unpaired) electrons. The fraction of sp³-hybridized carbons (Fsp3) is 1.00. The first-order valence-electron chi connectivity index (χ1n) is 3.26. The number of alkyl halides is 1. The third-order valence-electron chi connectivity index (χ3n) is 1.46. The van der Waals surface area contributed by atoms with Crippen molar-refractivity contribution in [3.63, 3.8) is 0 Å². The summed E-state index contributed by atoms with van der Waals surface area (Å²) in [6.07, 6.45) is -0.160. The second kappa shape index (κ2) is 4.70. The molecule has 3 heteroatoms. The quantitative estimate of drug-likeness (QED) is 0.579. The van der Waals surface area contributed by atoms with Crippen LogP contribution in [0.2, 0.25) is 0 Å². The molecule has 0 aromatic rings. The molecule has 0 aromatic carbocycles. The molecule has 0 saturated carbocycles. The van der Waals surface area contributed by atoms with E-state index in [0.29, 0.717) is 6.54 Å². The number of nitrogens with two attached hydrogens (primary N) is 2. The van der Waals surface area contributed by atoms with Gasteiger partial charge in [0.1, 0.15) is 6.17 Å². The first kappa shape index (κ1) is 8.85. The Balaban J connectivity index is 3.32. The second-order valence-electron chi connectivity index (χ2n) is 2.31. The molecule has 0 fully saturated rings. The molecular weight excluding hydrogens is 119 g/mol. The summed E-state index contributed by atoms with van der Waals surface area (Å²) < 4.78 is 12.5. The van der Waals surface area contributed by atoms with Crippen LogP contribution < -0.4 is 11.5 Å². The SMILES string of the molecule is CC(CCN)C(F)CN. The van der Waals surface area contributed by atoms with Gasteiger partial charge in [-0.1, -0.05) is 6.92 Å². The number of halogens is 1. The van der Waals surface area contributed by atoms with Crippen LogP contribution in [0.1, 0.15) is 13.3 Å². The Kier molecular flexibility index (Phi) is 4.62. The lowest BCUT2D eigenvalue weighted by atomic mass is 10.0. The van der Waals surface area contributed by atoms with E-state index < -0.39 is 6.17 Å². The van der Waals surface area contributed by atoms with Gasteiger partial charge in [0.25, 0.3) is 0 Å². The van der Waals surface area contributed by atoms with Crippen molar-refractivity contribution in [2.24, 2.45) is 17.4 Å². The van der Waals surface area contributed by atoms with E-state index >= 15 is 0 Å². The summed E-state index contributed by atoms with van der Waals surface area (Å²) in [7, 11) is 0. The van der Waals surface area contributed by atoms with Crippen LogP contribution in [0.15, 0.2) is 0 Å².